The molecular weight excluding hydrogens is 306 g/mol. The third-order valence-electron chi connectivity index (χ3n) is 4.02. The van der Waals surface area contributed by atoms with Gasteiger partial charge in [0.15, 0.2) is 0 Å². The summed E-state index contributed by atoms with van der Waals surface area (Å²) in [5.41, 5.74) is 1.84. The van der Waals surface area contributed by atoms with Crippen LogP contribution in [0.4, 0.5) is 4.79 Å². The normalized spacial score (nSPS) is 16.9. The van der Waals surface area contributed by atoms with Crippen LogP contribution in [0.2, 0.25) is 0 Å². The van der Waals surface area contributed by atoms with E-state index in [0.717, 1.165) is 30.4 Å². The van der Waals surface area contributed by atoms with Crippen LogP contribution in [0.5, 0.6) is 0 Å². The maximum absolute atomic E-state index is 11.8. The molecule has 1 aromatic rings. The monoisotopic (exact) mass is 329 g/mol. The summed E-state index contributed by atoms with van der Waals surface area (Å²) in [5, 5.41) is 11.6. The molecule has 24 heavy (non-hydrogen) atoms. The van der Waals surface area contributed by atoms with E-state index in [4.69, 9.17) is 4.74 Å². The zero-order chi connectivity index (χ0) is 17.6. The molecule has 2 rings (SSSR count). The summed E-state index contributed by atoms with van der Waals surface area (Å²) < 4.78 is 5.06. The topological polar surface area (TPSA) is 75.6 Å². The third-order valence-corrected chi connectivity index (χ3v) is 4.02. The van der Waals surface area contributed by atoms with Crippen molar-refractivity contribution in [1.29, 1.82) is 0 Å². The summed E-state index contributed by atoms with van der Waals surface area (Å²) in [6.45, 7) is 4.46. The summed E-state index contributed by atoms with van der Waals surface area (Å²) in [6.07, 6.45) is 5.45. The zero-order valence-corrected chi connectivity index (χ0v) is 14.0. The highest BCUT2D eigenvalue weighted by Gasteiger charge is 2.22. The van der Waals surface area contributed by atoms with Crippen molar-refractivity contribution in [3.8, 4) is 0 Å². The number of carbonyl (C=O) groups is 2. The molecule has 1 aromatic carbocycles. The van der Waals surface area contributed by atoms with E-state index in [1.54, 1.807) is 0 Å². The Morgan fingerprint density at radius 2 is 2.00 bits per heavy atom. The van der Waals surface area contributed by atoms with Crippen LogP contribution in [-0.2, 0) is 16.1 Å². The number of hydrogen-bond donors (Lipinski definition) is 2. The quantitative estimate of drug-likeness (QED) is 0.800. The van der Waals surface area contributed by atoms with Crippen LogP contribution in [0.3, 0.4) is 0 Å². The van der Waals surface area contributed by atoms with E-state index in [1.165, 1.54) is 6.08 Å². The Hall–Kier alpha value is -2.56. The van der Waals surface area contributed by atoms with Crippen molar-refractivity contribution in [2.45, 2.75) is 39.7 Å². The molecule has 2 N–H and O–H groups in total. The van der Waals surface area contributed by atoms with Gasteiger partial charge in [-0.2, -0.15) is 0 Å². The number of hydrogen-bond acceptors (Lipinski definition) is 3. The fraction of sp³-hybridized carbons (Fsp3) is 0.368. The van der Waals surface area contributed by atoms with Crippen molar-refractivity contribution in [2.75, 3.05) is 0 Å². The number of carboxylic acids is 1. The van der Waals surface area contributed by atoms with E-state index in [1.807, 2.05) is 36.4 Å². The summed E-state index contributed by atoms with van der Waals surface area (Å²) >= 11 is 0. The Bertz CT molecular complexity index is 659. The van der Waals surface area contributed by atoms with Gasteiger partial charge in [0.2, 0.25) is 0 Å². The highest BCUT2D eigenvalue weighted by Crippen LogP contribution is 2.34. The molecule has 0 saturated carbocycles. The van der Waals surface area contributed by atoms with Gasteiger partial charge in [0, 0.05) is 0 Å². The number of alkyl carbamates (subject to hydrolysis) is 1. The van der Waals surface area contributed by atoms with Gasteiger partial charge in [0.1, 0.15) is 12.3 Å². The molecule has 0 atom stereocenters. The Labute approximate surface area is 142 Å². The fourth-order valence-electron chi connectivity index (χ4n) is 2.43. The number of rotatable bonds is 5. The van der Waals surface area contributed by atoms with Crippen LogP contribution < -0.4 is 5.32 Å². The van der Waals surface area contributed by atoms with Crippen molar-refractivity contribution in [1.82, 2.24) is 5.32 Å². The molecule has 0 bridgehead atoms. The van der Waals surface area contributed by atoms with Crippen LogP contribution in [-0.4, -0.2) is 17.2 Å². The summed E-state index contributed by atoms with van der Waals surface area (Å²) in [6, 6.07) is 9.21. The molecule has 0 saturated heterocycles. The highest BCUT2D eigenvalue weighted by molar-refractivity contribution is 5.91. The largest absolute Gasteiger partial charge is 0.477 e. The summed E-state index contributed by atoms with van der Waals surface area (Å²) in [4.78, 5) is 23.2. The van der Waals surface area contributed by atoms with Crippen LogP contribution in [0.15, 0.2) is 53.8 Å². The van der Waals surface area contributed by atoms with Gasteiger partial charge in [0.05, 0.1) is 0 Å². The molecule has 0 aliphatic heterocycles. The second-order valence-electron chi connectivity index (χ2n) is 6.70. The number of benzene rings is 1. The predicted molar refractivity (Wildman–Crippen MR) is 91.2 cm³/mol. The van der Waals surface area contributed by atoms with Gasteiger partial charge in [0.25, 0.3) is 0 Å². The first-order valence-corrected chi connectivity index (χ1v) is 7.97. The second kappa shape index (κ2) is 7.81. The van der Waals surface area contributed by atoms with Crippen LogP contribution in [0, 0.1) is 5.41 Å². The lowest BCUT2D eigenvalue weighted by atomic mass is 9.78. The molecule has 0 radical (unpaired) electrons. The van der Waals surface area contributed by atoms with Crippen molar-refractivity contribution in [3.05, 3.63) is 59.3 Å². The lowest BCUT2D eigenvalue weighted by Crippen LogP contribution is -2.28. The molecule has 1 amide bonds. The Morgan fingerprint density at radius 1 is 1.29 bits per heavy atom. The molecule has 1 aliphatic rings. The molecule has 0 aromatic heterocycles. The molecule has 0 heterocycles. The Balaban J connectivity index is 1.96. The number of amides is 1. The molecular formula is C19H23NO4. The Morgan fingerprint density at radius 3 is 2.58 bits per heavy atom. The van der Waals surface area contributed by atoms with Gasteiger partial charge in [-0.3, -0.25) is 5.32 Å². The smallest absolute Gasteiger partial charge is 0.412 e. The van der Waals surface area contributed by atoms with E-state index in [9.17, 15) is 14.7 Å². The Kier molecular flexibility index (Phi) is 5.79. The number of ether oxygens (including phenoxy) is 1. The second-order valence-corrected chi connectivity index (χ2v) is 6.70. The molecule has 128 valence electrons. The fourth-order valence-corrected chi connectivity index (χ4v) is 2.43. The zero-order valence-electron chi connectivity index (χ0n) is 14.0. The standard InChI is InChI=1S/C19H23NO4/c1-19(2)10-8-14(9-11-19)12-16(17(21)22)20-18(23)24-13-15-6-4-3-5-7-15/h3-8,12H,9-11,13H2,1-2H3,(H,20,23)(H,21,22). The number of aliphatic carboxylic acids is 1. The van der Waals surface area contributed by atoms with Gasteiger partial charge in [-0.15, -0.1) is 0 Å². The number of allylic oxidation sites excluding steroid dienone is 3. The number of carboxylic acid groups (broad SMARTS) is 1. The van der Waals surface area contributed by atoms with Gasteiger partial charge >= 0.3 is 12.1 Å². The minimum atomic E-state index is -1.18. The number of carbonyl (C=O) groups excluding carboxylic acids is 1. The molecule has 0 spiro atoms. The summed E-state index contributed by atoms with van der Waals surface area (Å²) in [7, 11) is 0. The van der Waals surface area contributed by atoms with E-state index in [2.05, 4.69) is 19.2 Å². The van der Waals surface area contributed by atoms with Crippen LogP contribution in [0.1, 0.15) is 38.7 Å². The average molecular weight is 329 g/mol. The van der Waals surface area contributed by atoms with Gasteiger partial charge in [-0.1, -0.05) is 50.3 Å². The first-order valence-electron chi connectivity index (χ1n) is 7.97. The average Bonchev–Trinajstić information content (AvgIpc) is 2.55. The first-order chi connectivity index (χ1) is 11.4. The van der Waals surface area contributed by atoms with E-state index < -0.39 is 12.1 Å². The first kappa shape index (κ1) is 17.8. The maximum Gasteiger partial charge on any atom is 0.412 e. The lowest BCUT2D eigenvalue weighted by molar-refractivity contribution is -0.133. The molecule has 5 nitrogen and oxygen atoms in total. The minimum absolute atomic E-state index is 0.0937. The van der Waals surface area contributed by atoms with Gasteiger partial charge in [-0.25, -0.2) is 9.59 Å². The number of nitrogens with one attached hydrogen (secondary N) is 1. The van der Waals surface area contributed by atoms with Crippen LogP contribution >= 0.6 is 0 Å². The van der Waals surface area contributed by atoms with Crippen molar-refractivity contribution >= 4 is 12.1 Å². The van der Waals surface area contributed by atoms with Gasteiger partial charge in [-0.05, 0) is 41.9 Å². The van der Waals surface area contributed by atoms with Gasteiger partial charge < -0.3 is 9.84 Å². The molecule has 5 heteroatoms. The van der Waals surface area contributed by atoms with E-state index in [-0.39, 0.29) is 17.7 Å². The summed E-state index contributed by atoms with van der Waals surface area (Å²) in [5.74, 6) is -1.18. The molecule has 1 aliphatic carbocycles. The molecule has 0 fully saturated rings. The maximum atomic E-state index is 11.8. The SMILES string of the molecule is CC1(C)CC=C(C=C(NC(=O)OCc2ccccc2)C(=O)O)CC1. The van der Waals surface area contributed by atoms with Crippen molar-refractivity contribution in [3.63, 3.8) is 0 Å². The molecule has 0 unspecified atom stereocenters. The van der Waals surface area contributed by atoms with Crippen molar-refractivity contribution < 1.29 is 19.4 Å². The van der Waals surface area contributed by atoms with Crippen LogP contribution in [0.25, 0.3) is 0 Å². The van der Waals surface area contributed by atoms with Crippen molar-refractivity contribution in [2.24, 2.45) is 5.41 Å². The lowest BCUT2D eigenvalue weighted by Gasteiger charge is -2.27. The van der Waals surface area contributed by atoms with E-state index >= 15 is 0 Å². The third kappa shape index (κ3) is 5.57. The minimum Gasteiger partial charge on any atom is -0.477 e. The van der Waals surface area contributed by atoms with E-state index in [0.29, 0.717) is 0 Å². The predicted octanol–water partition coefficient (Wildman–Crippen LogP) is 4.02. The highest BCUT2D eigenvalue weighted by atomic mass is 16.5.